The number of rotatable bonds is 3. The number of benzene rings is 2. The molecule has 0 saturated carbocycles. The summed E-state index contributed by atoms with van der Waals surface area (Å²) in [6, 6.07) is 15.3. The highest BCUT2D eigenvalue weighted by molar-refractivity contribution is 6.30. The summed E-state index contributed by atoms with van der Waals surface area (Å²) in [7, 11) is 0. The average molecular weight is 338 g/mol. The van der Waals surface area contributed by atoms with E-state index in [-0.39, 0.29) is 5.75 Å². The lowest BCUT2D eigenvalue weighted by Gasteiger charge is -2.13. The molecule has 0 saturated heterocycles. The van der Waals surface area contributed by atoms with Gasteiger partial charge in [-0.1, -0.05) is 35.9 Å². The molecule has 0 bridgehead atoms. The molecule has 122 valence electrons. The van der Waals surface area contributed by atoms with Crippen LogP contribution in [0.3, 0.4) is 0 Å². The molecule has 24 heavy (non-hydrogen) atoms. The zero-order chi connectivity index (χ0) is 17.3. The Labute approximate surface area is 147 Å². The van der Waals surface area contributed by atoms with E-state index in [1.807, 2.05) is 30.3 Å². The number of hydrogen-bond acceptors (Lipinski definition) is 2. The smallest absolute Gasteiger partial charge is 0.141 e. The molecule has 0 atom stereocenters. The normalized spacial score (nSPS) is 10.8. The third-order valence-electron chi connectivity index (χ3n) is 4.49. The Morgan fingerprint density at radius 2 is 1.71 bits per heavy atom. The van der Waals surface area contributed by atoms with Crippen molar-refractivity contribution in [3.8, 4) is 17.0 Å². The van der Waals surface area contributed by atoms with E-state index >= 15 is 0 Å². The Morgan fingerprint density at radius 1 is 0.958 bits per heavy atom. The van der Waals surface area contributed by atoms with Crippen LogP contribution in [0.25, 0.3) is 11.3 Å². The Hall–Kier alpha value is -2.32. The van der Waals surface area contributed by atoms with Crippen molar-refractivity contribution >= 4 is 11.6 Å². The number of halogens is 1. The fourth-order valence-electron chi connectivity index (χ4n) is 2.90. The quantitative estimate of drug-likeness (QED) is 0.672. The standard InChI is InChI=1S/C21H20ClNO/c1-13-7-8-14(2)19(15(13)3)12-18-9-10-20(24)21(23-18)16-5-4-6-17(22)11-16/h4-11,24H,12H2,1-3H3. The van der Waals surface area contributed by atoms with Crippen LogP contribution in [0.15, 0.2) is 48.5 Å². The van der Waals surface area contributed by atoms with Crippen LogP contribution < -0.4 is 0 Å². The molecule has 0 aliphatic carbocycles. The minimum absolute atomic E-state index is 0.165. The van der Waals surface area contributed by atoms with E-state index in [4.69, 9.17) is 11.6 Å². The number of aromatic nitrogens is 1. The van der Waals surface area contributed by atoms with Gasteiger partial charge in [-0.3, -0.25) is 0 Å². The summed E-state index contributed by atoms with van der Waals surface area (Å²) in [5.74, 6) is 0.165. The van der Waals surface area contributed by atoms with Gasteiger partial charge in [0.05, 0.1) is 0 Å². The fourth-order valence-corrected chi connectivity index (χ4v) is 3.09. The van der Waals surface area contributed by atoms with Crippen LogP contribution in [0.4, 0.5) is 0 Å². The second kappa shape index (κ2) is 6.66. The summed E-state index contributed by atoms with van der Waals surface area (Å²) in [5.41, 5.74) is 7.46. The monoisotopic (exact) mass is 337 g/mol. The van der Waals surface area contributed by atoms with Crippen LogP contribution in [0, 0.1) is 20.8 Å². The molecule has 1 aromatic heterocycles. The van der Waals surface area contributed by atoms with Gasteiger partial charge in [-0.15, -0.1) is 0 Å². The lowest BCUT2D eigenvalue weighted by atomic mass is 9.94. The summed E-state index contributed by atoms with van der Waals surface area (Å²) < 4.78 is 0. The fraction of sp³-hybridized carbons (Fsp3) is 0.190. The molecule has 0 radical (unpaired) electrons. The SMILES string of the molecule is Cc1ccc(C)c(Cc2ccc(O)c(-c3cccc(Cl)c3)n2)c1C. The van der Waals surface area contributed by atoms with Crippen LogP contribution >= 0.6 is 11.6 Å². The number of nitrogens with zero attached hydrogens (tertiary/aromatic N) is 1. The topological polar surface area (TPSA) is 33.1 Å². The van der Waals surface area contributed by atoms with Crippen molar-refractivity contribution in [3.05, 3.63) is 81.5 Å². The molecular weight excluding hydrogens is 318 g/mol. The van der Waals surface area contributed by atoms with Crippen molar-refractivity contribution in [2.45, 2.75) is 27.2 Å². The van der Waals surface area contributed by atoms with Crippen LogP contribution in [-0.4, -0.2) is 10.1 Å². The maximum absolute atomic E-state index is 10.2. The predicted molar refractivity (Wildman–Crippen MR) is 99.8 cm³/mol. The average Bonchev–Trinajstić information content (AvgIpc) is 2.56. The molecule has 0 aliphatic heterocycles. The molecule has 1 N–H and O–H groups in total. The lowest BCUT2D eigenvalue weighted by molar-refractivity contribution is 0.474. The zero-order valence-corrected chi connectivity index (χ0v) is 14.9. The van der Waals surface area contributed by atoms with Gasteiger partial charge in [0, 0.05) is 22.7 Å². The van der Waals surface area contributed by atoms with Gasteiger partial charge in [0.25, 0.3) is 0 Å². The van der Waals surface area contributed by atoms with Crippen molar-refractivity contribution in [2.24, 2.45) is 0 Å². The maximum Gasteiger partial charge on any atom is 0.141 e. The highest BCUT2D eigenvalue weighted by Crippen LogP contribution is 2.30. The van der Waals surface area contributed by atoms with E-state index in [9.17, 15) is 5.11 Å². The lowest BCUT2D eigenvalue weighted by Crippen LogP contribution is -2.00. The van der Waals surface area contributed by atoms with E-state index in [0.717, 1.165) is 17.7 Å². The van der Waals surface area contributed by atoms with Gasteiger partial charge >= 0.3 is 0 Å². The number of pyridine rings is 1. The second-order valence-corrected chi connectivity index (χ2v) is 6.60. The summed E-state index contributed by atoms with van der Waals surface area (Å²) in [4.78, 5) is 4.68. The highest BCUT2D eigenvalue weighted by atomic mass is 35.5. The number of hydrogen-bond donors (Lipinski definition) is 1. The van der Waals surface area contributed by atoms with Gasteiger partial charge in [0.15, 0.2) is 0 Å². The van der Waals surface area contributed by atoms with Crippen LogP contribution in [-0.2, 0) is 6.42 Å². The third kappa shape index (κ3) is 3.29. The van der Waals surface area contributed by atoms with E-state index in [2.05, 4.69) is 37.9 Å². The van der Waals surface area contributed by atoms with E-state index in [1.54, 1.807) is 6.07 Å². The summed E-state index contributed by atoms with van der Waals surface area (Å²) in [5, 5.41) is 10.8. The van der Waals surface area contributed by atoms with Gasteiger partial charge in [0.2, 0.25) is 0 Å². The molecule has 3 aromatic rings. The first-order chi connectivity index (χ1) is 11.5. The van der Waals surface area contributed by atoms with Crippen molar-refractivity contribution in [3.63, 3.8) is 0 Å². The first-order valence-corrected chi connectivity index (χ1v) is 8.34. The molecule has 0 unspecified atom stereocenters. The highest BCUT2D eigenvalue weighted by Gasteiger charge is 2.11. The van der Waals surface area contributed by atoms with Crippen molar-refractivity contribution in [2.75, 3.05) is 0 Å². The number of aromatic hydroxyl groups is 1. The van der Waals surface area contributed by atoms with E-state index in [1.165, 1.54) is 22.3 Å². The molecule has 3 rings (SSSR count). The molecule has 0 amide bonds. The molecule has 2 aromatic carbocycles. The molecule has 0 spiro atoms. The molecule has 2 nitrogen and oxygen atoms in total. The van der Waals surface area contributed by atoms with Gasteiger partial charge in [-0.05, 0) is 67.3 Å². The third-order valence-corrected chi connectivity index (χ3v) is 4.73. The zero-order valence-electron chi connectivity index (χ0n) is 14.1. The van der Waals surface area contributed by atoms with Crippen LogP contribution in [0.2, 0.25) is 5.02 Å². The Kier molecular flexibility index (Phi) is 4.59. The molecule has 0 fully saturated rings. The van der Waals surface area contributed by atoms with Gasteiger partial charge in [0.1, 0.15) is 11.4 Å². The molecular formula is C21H20ClNO. The summed E-state index contributed by atoms with van der Waals surface area (Å²) >= 11 is 6.07. The van der Waals surface area contributed by atoms with Crippen molar-refractivity contribution in [1.82, 2.24) is 4.98 Å². The van der Waals surface area contributed by atoms with E-state index < -0.39 is 0 Å². The van der Waals surface area contributed by atoms with Gasteiger partial charge < -0.3 is 5.11 Å². The Bertz CT molecular complexity index is 902. The summed E-state index contributed by atoms with van der Waals surface area (Å²) in [6.07, 6.45) is 0.743. The Morgan fingerprint density at radius 3 is 2.46 bits per heavy atom. The van der Waals surface area contributed by atoms with Crippen LogP contribution in [0.1, 0.15) is 27.9 Å². The van der Waals surface area contributed by atoms with E-state index in [0.29, 0.717) is 10.7 Å². The largest absolute Gasteiger partial charge is 0.506 e. The first kappa shape index (κ1) is 16.5. The van der Waals surface area contributed by atoms with Crippen molar-refractivity contribution < 1.29 is 5.11 Å². The van der Waals surface area contributed by atoms with Gasteiger partial charge in [-0.25, -0.2) is 4.98 Å². The minimum Gasteiger partial charge on any atom is -0.506 e. The minimum atomic E-state index is 0.165. The molecule has 1 heterocycles. The van der Waals surface area contributed by atoms with Crippen molar-refractivity contribution in [1.29, 1.82) is 0 Å². The first-order valence-electron chi connectivity index (χ1n) is 7.96. The van der Waals surface area contributed by atoms with Gasteiger partial charge in [-0.2, -0.15) is 0 Å². The maximum atomic E-state index is 10.2. The predicted octanol–water partition coefficient (Wildman–Crippen LogP) is 5.62. The molecule has 0 aliphatic rings. The Balaban J connectivity index is 2.03. The summed E-state index contributed by atoms with van der Waals surface area (Å²) in [6.45, 7) is 6.40. The second-order valence-electron chi connectivity index (χ2n) is 6.16. The molecule has 3 heteroatoms. The van der Waals surface area contributed by atoms with Crippen LogP contribution in [0.5, 0.6) is 5.75 Å². The number of aryl methyl sites for hydroxylation is 2.